The first-order chi connectivity index (χ1) is 7.70. The summed E-state index contributed by atoms with van der Waals surface area (Å²) in [6, 6.07) is 1.43. The lowest BCUT2D eigenvalue weighted by atomic mass is 9.99. The quantitative estimate of drug-likeness (QED) is 0.786. The van der Waals surface area contributed by atoms with Crippen LogP contribution in [-0.2, 0) is 4.74 Å². The Hall–Kier alpha value is -0.120. The zero-order chi connectivity index (χ0) is 11.5. The number of rotatable bonds is 4. The van der Waals surface area contributed by atoms with Crippen molar-refractivity contribution in [1.82, 2.24) is 10.2 Å². The van der Waals surface area contributed by atoms with Crippen molar-refractivity contribution in [1.29, 1.82) is 0 Å². The molecule has 0 bridgehead atoms. The summed E-state index contributed by atoms with van der Waals surface area (Å²) in [4.78, 5) is 2.44. The molecule has 1 N–H and O–H groups in total. The molecule has 3 heteroatoms. The monoisotopic (exact) mass is 226 g/mol. The van der Waals surface area contributed by atoms with E-state index in [-0.39, 0.29) is 0 Å². The highest BCUT2D eigenvalue weighted by Crippen LogP contribution is 2.23. The molecule has 94 valence electrons. The van der Waals surface area contributed by atoms with Crippen LogP contribution in [0.2, 0.25) is 0 Å². The molecule has 2 rings (SSSR count). The average molecular weight is 226 g/mol. The van der Waals surface area contributed by atoms with Crippen molar-refractivity contribution >= 4 is 0 Å². The molecule has 0 aliphatic carbocycles. The summed E-state index contributed by atoms with van der Waals surface area (Å²) in [5.74, 6) is 0.742. The normalized spacial score (nSPS) is 40.7. The number of likely N-dealkylation sites (N-methyl/N-ethyl adjacent to an activating group) is 1. The van der Waals surface area contributed by atoms with E-state index in [4.69, 9.17) is 4.74 Å². The van der Waals surface area contributed by atoms with Gasteiger partial charge in [0.25, 0.3) is 0 Å². The van der Waals surface area contributed by atoms with Gasteiger partial charge in [0.05, 0.1) is 6.10 Å². The fourth-order valence-corrected chi connectivity index (χ4v) is 3.04. The van der Waals surface area contributed by atoms with Gasteiger partial charge < -0.3 is 15.0 Å². The molecule has 0 saturated carbocycles. The summed E-state index contributed by atoms with van der Waals surface area (Å²) in [5.41, 5.74) is 0. The van der Waals surface area contributed by atoms with E-state index in [2.05, 4.69) is 31.1 Å². The summed E-state index contributed by atoms with van der Waals surface area (Å²) in [7, 11) is 2.22. The van der Waals surface area contributed by atoms with E-state index >= 15 is 0 Å². The number of nitrogens with zero attached hydrogens (tertiary/aromatic N) is 1. The second-order valence-electron chi connectivity index (χ2n) is 5.50. The van der Waals surface area contributed by atoms with Gasteiger partial charge >= 0.3 is 0 Å². The Morgan fingerprint density at radius 3 is 2.88 bits per heavy atom. The highest BCUT2D eigenvalue weighted by molar-refractivity contribution is 4.87. The molecule has 0 aromatic rings. The van der Waals surface area contributed by atoms with Gasteiger partial charge in [-0.15, -0.1) is 0 Å². The first-order valence-electron chi connectivity index (χ1n) is 6.76. The summed E-state index contributed by atoms with van der Waals surface area (Å²) >= 11 is 0. The highest BCUT2D eigenvalue weighted by Gasteiger charge is 2.30. The van der Waals surface area contributed by atoms with Gasteiger partial charge in [-0.25, -0.2) is 0 Å². The van der Waals surface area contributed by atoms with Crippen LogP contribution in [0.4, 0.5) is 0 Å². The zero-order valence-electron chi connectivity index (χ0n) is 10.9. The smallest absolute Gasteiger partial charge is 0.0613 e. The van der Waals surface area contributed by atoms with Crippen molar-refractivity contribution in [3.63, 3.8) is 0 Å². The van der Waals surface area contributed by atoms with E-state index in [0.29, 0.717) is 12.1 Å². The molecule has 4 atom stereocenters. The van der Waals surface area contributed by atoms with Crippen molar-refractivity contribution in [2.24, 2.45) is 5.92 Å². The maximum Gasteiger partial charge on any atom is 0.0613 e. The van der Waals surface area contributed by atoms with Crippen LogP contribution in [-0.4, -0.2) is 49.8 Å². The molecular weight excluding hydrogens is 200 g/mol. The molecule has 2 fully saturated rings. The fraction of sp³-hybridized carbons (Fsp3) is 1.00. The molecule has 0 aromatic heterocycles. The van der Waals surface area contributed by atoms with Gasteiger partial charge in [0.2, 0.25) is 0 Å². The Morgan fingerprint density at radius 2 is 2.25 bits per heavy atom. The number of ether oxygens (including phenoxy) is 1. The molecule has 0 aromatic carbocycles. The van der Waals surface area contributed by atoms with Crippen LogP contribution in [0.25, 0.3) is 0 Å². The van der Waals surface area contributed by atoms with Gasteiger partial charge in [-0.1, -0.05) is 6.92 Å². The zero-order valence-corrected chi connectivity index (χ0v) is 10.9. The van der Waals surface area contributed by atoms with E-state index in [1.807, 2.05) is 0 Å². The lowest BCUT2D eigenvalue weighted by Crippen LogP contribution is -2.37. The van der Waals surface area contributed by atoms with Crippen LogP contribution < -0.4 is 5.32 Å². The van der Waals surface area contributed by atoms with Crippen molar-refractivity contribution in [3.8, 4) is 0 Å². The van der Waals surface area contributed by atoms with Crippen LogP contribution in [0.15, 0.2) is 0 Å². The summed E-state index contributed by atoms with van der Waals surface area (Å²) in [5, 5.41) is 3.73. The lowest BCUT2D eigenvalue weighted by molar-refractivity contribution is 0.0867. The van der Waals surface area contributed by atoms with Crippen LogP contribution in [0.5, 0.6) is 0 Å². The van der Waals surface area contributed by atoms with Gasteiger partial charge in [0, 0.05) is 31.8 Å². The Morgan fingerprint density at radius 1 is 1.44 bits per heavy atom. The molecule has 2 aliphatic heterocycles. The van der Waals surface area contributed by atoms with Gasteiger partial charge in [-0.05, 0) is 39.2 Å². The van der Waals surface area contributed by atoms with E-state index in [9.17, 15) is 0 Å². The third-order valence-electron chi connectivity index (χ3n) is 4.30. The first kappa shape index (κ1) is 12.3. The number of nitrogens with one attached hydrogen (secondary N) is 1. The average Bonchev–Trinajstić information content (AvgIpc) is 2.83. The maximum atomic E-state index is 5.72. The minimum Gasteiger partial charge on any atom is -0.378 e. The number of hydrogen-bond acceptors (Lipinski definition) is 3. The topological polar surface area (TPSA) is 24.5 Å². The van der Waals surface area contributed by atoms with Crippen LogP contribution in [0.1, 0.15) is 33.1 Å². The fourth-order valence-electron chi connectivity index (χ4n) is 3.04. The predicted molar refractivity (Wildman–Crippen MR) is 66.6 cm³/mol. The van der Waals surface area contributed by atoms with Gasteiger partial charge in [-0.3, -0.25) is 0 Å². The first-order valence-corrected chi connectivity index (χ1v) is 6.76. The maximum absolute atomic E-state index is 5.72. The molecule has 2 saturated heterocycles. The van der Waals surface area contributed by atoms with Crippen molar-refractivity contribution in [2.75, 3.05) is 26.7 Å². The Balaban J connectivity index is 1.71. The molecule has 2 heterocycles. The largest absolute Gasteiger partial charge is 0.378 e. The number of likely N-dealkylation sites (tertiary alicyclic amines) is 1. The predicted octanol–water partition coefficient (Wildman–Crippen LogP) is 1.48. The van der Waals surface area contributed by atoms with Crippen molar-refractivity contribution in [3.05, 3.63) is 0 Å². The minimum absolute atomic E-state index is 0.504. The van der Waals surface area contributed by atoms with Crippen LogP contribution >= 0.6 is 0 Å². The Kier molecular flexibility index (Phi) is 4.22. The molecular formula is C13H26N2O. The summed E-state index contributed by atoms with van der Waals surface area (Å²) < 4.78 is 5.72. The molecule has 16 heavy (non-hydrogen) atoms. The van der Waals surface area contributed by atoms with Crippen LogP contribution in [0.3, 0.4) is 0 Å². The summed E-state index contributed by atoms with van der Waals surface area (Å²) in [6.45, 7) is 7.85. The molecule has 0 amide bonds. The lowest BCUT2D eigenvalue weighted by Gasteiger charge is -2.20. The van der Waals surface area contributed by atoms with Crippen LogP contribution in [0, 0.1) is 5.92 Å². The van der Waals surface area contributed by atoms with E-state index < -0.39 is 0 Å². The second kappa shape index (κ2) is 5.48. The second-order valence-corrected chi connectivity index (χ2v) is 5.50. The third kappa shape index (κ3) is 2.76. The standard InChI is InChI=1S/C13H26N2O/c1-4-13-11(5-6-16-13)8-14-12-7-10(2)15(3)9-12/h10-14H,4-9H2,1-3H3. The van der Waals surface area contributed by atoms with Gasteiger partial charge in [0.1, 0.15) is 0 Å². The minimum atomic E-state index is 0.504. The van der Waals surface area contributed by atoms with Gasteiger partial charge in [-0.2, -0.15) is 0 Å². The highest BCUT2D eigenvalue weighted by atomic mass is 16.5. The van der Waals surface area contributed by atoms with Crippen molar-refractivity contribution < 1.29 is 4.74 Å². The molecule has 4 unspecified atom stereocenters. The SMILES string of the molecule is CCC1OCCC1CNC1CC(C)N(C)C1. The Bertz CT molecular complexity index is 212. The summed E-state index contributed by atoms with van der Waals surface area (Å²) in [6.07, 6.45) is 4.20. The molecule has 2 aliphatic rings. The van der Waals surface area contributed by atoms with E-state index in [1.165, 1.54) is 19.4 Å². The van der Waals surface area contributed by atoms with E-state index in [1.54, 1.807) is 0 Å². The van der Waals surface area contributed by atoms with Crippen molar-refractivity contribution in [2.45, 2.75) is 51.3 Å². The molecule has 3 nitrogen and oxygen atoms in total. The molecule has 0 spiro atoms. The van der Waals surface area contributed by atoms with E-state index in [0.717, 1.165) is 31.5 Å². The Labute approximate surface area is 99.5 Å². The van der Waals surface area contributed by atoms with Gasteiger partial charge in [0.15, 0.2) is 0 Å². The number of hydrogen-bond donors (Lipinski definition) is 1. The molecule has 0 radical (unpaired) electrons. The third-order valence-corrected chi connectivity index (χ3v) is 4.30.